The molecule has 3 rings (SSSR count). The lowest BCUT2D eigenvalue weighted by atomic mass is 10.0. The summed E-state index contributed by atoms with van der Waals surface area (Å²) in [4.78, 5) is 16.0. The van der Waals surface area contributed by atoms with Crippen molar-refractivity contribution in [2.45, 2.75) is 26.3 Å². The van der Waals surface area contributed by atoms with Gasteiger partial charge in [0.25, 0.3) is 0 Å². The Hall–Kier alpha value is -1.36. The highest BCUT2D eigenvalue weighted by molar-refractivity contribution is 7.10. The molecule has 1 N–H and O–H groups in total. The maximum atomic E-state index is 12.3. The predicted octanol–water partition coefficient (Wildman–Crippen LogP) is 4.27. The summed E-state index contributed by atoms with van der Waals surface area (Å²) in [6.45, 7) is 5.42. The molecule has 5 heteroatoms. The van der Waals surface area contributed by atoms with E-state index in [2.05, 4.69) is 28.6 Å². The van der Waals surface area contributed by atoms with E-state index in [-0.39, 0.29) is 5.91 Å². The van der Waals surface area contributed by atoms with Crippen LogP contribution in [0.3, 0.4) is 0 Å². The first kappa shape index (κ1) is 15.5. The molecule has 0 fully saturated rings. The first-order valence-electron chi connectivity index (χ1n) is 7.41. The van der Waals surface area contributed by atoms with Gasteiger partial charge in [-0.3, -0.25) is 9.69 Å². The van der Waals surface area contributed by atoms with Gasteiger partial charge in [0.2, 0.25) is 5.91 Å². The van der Waals surface area contributed by atoms with Crippen molar-refractivity contribution in [2.24, 2.45) is 0 Å². The van der Waals surface area contributed by atoms with Crippen LogP contribution in [0.25, 0.3) is 0 Å². The lowest BCUT2D eigenvalue weighted by Gasteiger charge is -2.33. The van der Waals surface area contributed by atoms with E-state index in [1.807, 2.05) is 36.5 Å². The quantitative estimate of drug-likeness (QED) is 0.909. The van der Waals surface area contributed by atoms with Crippen molar-refractivity contribution in [3.8, 4) is 0 Å². The number of hydrogen-bond donors (Lipinski definition) is 1. The van der Waals surface area contributed by atoms with Crippen LogP contribution in [0.2, 0.25) is 5.02 Å². The third-order valence-electron chi connectivity index (χ3n) is 4.29. The molecular formula is C17H19ClN2OS. The van der Waals surface area contributed by atoms with E-state index in [0.717, 1.165) is 24.2 Å². The molecule has 1 unspecified atom stereocenters. The van der Waals surface area contributed by atoms with E-state index in [0.29, 0.717) is 17.6 Å². The summed E-state index contributed by atoms with van der Waals surface area (Å²) >= 11 is 7.91. The molecule has 0 saturated heterocycles. The van der Waals surface area contributed by atoms with Crippen LogP contribution in [-0.4, -0.2) is 23.9 Å². The number of hydrogen-bond acceptors (Lipinski definition) is 3. The standard InChI is InChI=1S/C17H19ClN2OS/c1-11-14(18)4-3-5-15(11)19-17(21)10-20-8-6-16-13(12(20)2)7-9-22-16/h3-5,7,9,12H,6,8,10H2,1-2H3,(H,19,21). The molecule has 1 amide bonds. The summed E-state index contributed by atoms with van der Waals surface area (Å²) < 4.78 is 0. The minimum Gasteiger partial charge on any atom is -0.325 e. The van der Waals surface area contributed by atoms with E-state index >= 15 is 0 Å². The molecular weight excluding hydrogens is 316 g/mol. The van der Waals surface area contributed by atoms with Crippen LogP contribution in [-0.2, 0) is 11.2 Å². The van der Waals surface area contributed by atoms with Gasteiger partial charge in [0.15, 0.2) is 0 Å². The lowest BCUT2D eigenvalue weighted by Crippen LogP contribution is -2.39. The Morgan fingerprint density at radius 2 is 2.27 bits per heavy atom. The van der Waals surface area contributed by atoms with Gasteiger partial charge in [0.1, 0.15) is 0 Å². The summed E-state index contributed by atoms with van der Waals surface area (Å²) in [5.74, 6) is 0.0101. The van der Waals surface area contributed by atoms with Crippen LogP contribution in [0, 0.1) is 6.92 Å². The van der Waals surface area contributed by atoms with E-state index in [4.69, 9.17) is 11.6 Å². The molecule has 3 nitrogen and oxygen atoms in total. The molecule has 0 spiro atoms. The van der Waals surface area contributed by atoms with Gasteiger partial charge < -0.3 is 5.32 Å². The smallest absolute Gasteiger partial charge is 0.238 e. The SMILES string of the molecule is Cc1c(Cl)cccc1NC(=O)CN1CCc2sccc2C1C. The molecule has 0 bridgehead atoms. The molecule has 116 valence electrons. The highest BCUT2D eigenvalue weighted by atomic mass is 35.5. The summed E-state index contributed by atoms with van der Waals surface area (Å²) in [6.07, 6.45) is 1.03. The number of nitrogens with one attached hydrogen (secondary N) is 1. The van der Waals surface area contributed by atoms with Gasteiger partial charge in [-0.2, -0.15) is 0 Å². The Labute approximate surface area is 139 Å². The Morgan fingerprint density at radius 3 is 3.09 bits per heavy atom. The maximum absolute atomic E-state index is 12.3. The van der Waals surface area contributed by atoms with E-state index in [1.165, 1.54) is 10.4 Å². The van der Waals surface area contributed by atoms with Crippen LogP contribution in [0.15, 0.2) is 29.6 Å². The topological polar surface area (TPSA) is 32.3 Å². The van der Waals surface area contributed by atoms with Crippen molar-refractivity contribution in [1.82, 2.24) is 4.90 Å². The molecule has 0 aliphatic carbocycles. The number of anilines is 1. The summed E-state index contributed by atoms with van der Waals surface area (Å²) in [5.41, 5.74) is 3.06. The highest BCUT2D eigenvalue weighted by Crippen LogP contribution is 2.32. The number of halogens is 1. The minimum atomic E-state index is 0.0101. The summed E-state index contributed by atoms with van der Waals surface area (Å²) in [5, 5.41) is 5.79. The lowest BCUT2D eigenvalue weighted by molar-refractivity contribution is -0.117. The number of carbonyl (C=O) groups excluding carboxylic acids is 1. The third-order valence-corrected chi connectivity index (χ3v) is 5.70. The van der Waals surface area contributed by atoms with Crippen molar-refractivity contribution in [3.05, 3.63) is 50.7 Å². The highest BCUT2D eigenvalue weighted by Gasteiger charge is 2.26. The number of amides is 1. The molecule has 0 saturated carbocycles. The van der Waals surface area contributed by atoms with Gasteiger partial charge in [-0.15, -0.1) is 11.3 Å². The zero-order valence-corrected chi connectivity index (χ0v) is 14.3. The zero-order valence-electron chi connectivity index (χ0n) is 12.7. The number of nitrogens with zero attached hydrogens (tertiary/aromatic N) is 1. The van der Waals surface area contributed by atoms with Crippen LogP contribution in [0.1, 0.15) is 29.0 Å². The number of carbonyl (C=O) groups is 1. The molecule has 1 aliphatic heterocycles. The second-order valence-corrected chi connectivity index (χ2v) is 7.06. The van der Waals surface area contributed by atoms with E-state index in [1.54, 1.807) is 0 Å². The largest absolute Gasteiger partial charge is 0.325 e. The van der Waals surface area contributed by atoms with Crippen LogP contribution in [0.5, 0.6) is 0 Å². The average Bonchev–Trinajstić information content (AvgIpc) is 2.96. The van der Waals surface area contributed by atoms with Crippen molar-refractivity contribution < 1.29 is 4.79 Å². The summed E-state index contributed by atoms with van der Waals surface area (Å²) in [6, 6.07) is 8.04. The third kappa shape index (κ3) is 3.05. The number of rotatable bonds is 3. The first-order valence-corrected chi connectivity index (χ1v) is 8.67. The Balaban J connectivity index is 1.67. The molecule has 22 heavy (non-hydrogen) atoms. The van der Waals surface area contributed by atoms with Crippen molar-refractivity contribution in [3.63, 3.8) is 0 Å². The second-order valence-electron chi connectivity index (χ2n) is 5.66. The Kier molecular flexibility index (Phi) is 4.52. The van der Waals surface area contributed by atoms with Gasteiger partial charge >= 0.3 is 0 Å². The second kappa shape index (κ2) is 6.41. The fraction of sp³-hybridized carbons (Fsp3) is 0.353. The fourth-order valence-corrected chi connectivity index (χ4v) is 4.03. The molecule has 0 radical (unpaired) electrons. The van der Waals surface area contributed by atoms with Crippen molar-refractivity contribution in [1.29, 1.82) is 0 Å². The average molecular weight is 335 g/mol. The van der Waals surface area contributed by atoms with Crippen LogP contribution in [0.4, 0.5) is 5.69 Å². The summed E-state index contributed by atoms with van der Waals surface area (Å²) in [7, 11) is 0. The maximum Gasteiger partial charge on any atom is 0.238 e. The van der Waals surface area contributed by atoms with E-state index < -0.39 is 0 Å². The monoisotopic (exact) mass is 334 g/mol. The molecule has 2 aromatic rings. The molecule has 1 atom stereocenters. The van der Waals surface area contributed by atoms with Gasteiger partial charge in [-0.1, -0.05) is 17.7 Å². The van der Waals surface area contributed by atoms with Crippen LogP contribution < -0.4 is 5.32 Å². The molecule has 1 aliphatic rings. The van der Waals surface area contributed by atoms with Crippen molar-refractivity contribution >= 4 is 34.5 Å². The van der Waals surface area contributed by atoms with Crippen molar-refractivity contribution in [2.75, 3.05) is 18.4 Å². The Morgan fingerprint density at radius 1 is 1.45 bits per heavy atom. The normalized spacial score (nSPS) is 18.0. The van der Waals surface area contributed by atoms with E-state index in [9.17, 15) is 4.79 Å². The van der Waals surface area contributed by atoms with Gasteiger partial charge in [0.05, 0.1) is 6.54 Å². The van der Waals surface area contributed by atoms with Gasteiger partial charge in [0, 0.05) is 28.2 Å². The number of benzene rings is 1. The van der Waals surface area contributed by atoms with Gasteiger partial charge in [-0.25, -0.2) is 0 Å². The molecule has 1 aromatic heterocycles. The van der Waals surface area contributed by atoms with Gasteiger partial charge in [-0.05, 0) is 55.0 Å². The Bertz CT molecular complexity index is 698. The zero-order chi connectivity index (χ0) is 15.7. The predicted molar refractivity (Wildman–Crippen MR) is 92.8 cm³/mol. The number of thiophene rings is 1. The fourth-order valence-electron chi connectivity index (χ4n) is 2.89. The van der Waals surface area contributed by atoms with Crippen LogP contribution >= 0.6 is 22.9 Å². The molecule has 1 aromatic carbocycles. The first-order chi connectivity index (χ1) is 10.6. The number of fused-ring (bicyclic) bond motifs is 1. The molecule has 2 heterocycles. The minimum absolute atomic E-state index is 0.0101.